The van der Waals surface area contributed by atoms with E-state index in [4.69, 9.17) is 25.8 Å². The van der Waals surface area contributed by atoms with E-state index in [1.165, 1.54) is 40.3 Å². The molecule has 0 unspecified atom stereocenters. The molecule has 0 aliphatic carbocycles. The smallest absolute Gasteiger partial charge is 0.419 e. The van der Waals surface area contributed by atoms with E-state index in [1.807, 2.05) is 48.5 Å². The average molecular weight is 1170 g/mol. The Kier molecular flexibility index (Phi) is 15.1. The molecule has 0 saturated carbocycles. The molecule has 5 aromatic carbocycles. The van der Waals surface area contributed by atoms with Crippen molar-refractivity contribution in [1.82, 2.24) is 24.8 Å². The van der Waals surface area contributed by atoms with E-state index in [9.17, 15) is 45.5 Å². The van der Waals surface area contributed by atoms with Crippen molar-refractivity contribution in [3.63, 3.8) is 0 Å². The average Bonchev–Trinajstić information content (AvgIpc) is 1.49. The van der Waals surface area contributed by atoms with Crippen molar-refractivity contribution < 1.29 is 59.7 Å². The largest absolute Gasteiger partial charge is 0.444 e. The van der Waals surface area contributed by atoms with Crippen molar-refractivity contribution in [3.8, 4) is 11.1 Å². The second-order valence-electron chi connectivity index (χ2n) is 21.4. The number of fused-ring (bicyclic) bond motifs is 7. The van der Waals surface area contributed by atoms with Crippen molar-refractivity contribution in [2.45, 2.75) is 65.3 Å². The number of anilines is 6. The highest BCUT2D eigenvalue weighted by Gasteiger charge is 2.41. The molecule has 2 saturated heterocycles. The van der Waals surface area contributed by atoms with Gasteiger partial charge >= 0.3 is 30.6 Å². The molecule has 8 aromatic rings. The summed E-state index contributed by atoms with van der Waals surface area (Å²) in [6, 6.07) is 28.0. The van der Waals surface area contributed by atoms with Gasteiger partial charge in [-0.05, 0) is 105 Å². The number of carbonyl (C=O) groups is 4. The van der Waals surface area contributed by atoms with Crippen LogP contribution in [0.4, 0.5) is 74.9 Å². The highest BCUT2D eigenvalue weighted by atomic mass is 35.5. The summed E-state index contributed by atoms with van der Waals surface area (Å²) in [5.41, 5.74) is 3.13. The first-order valence-electron chi connectivity index (χ1n) is 27.0. The van der Waals surface area contributed by atoms with Crippen molar-refractivity contribution in [3.05, 3.63) is 149 Å². The minimum absolute atomic E-state index is 0.00288. The molecule has 4 aliphatic heterocycles. The number of benzene rings is 5. The minimum atomic E-state index is -4.71. The maximum atomic E-state index is 14.6. The minimum Gasteiger partial charge on any atom is -0.444 e. The lowest BCUT2D eigenvalue weighted by Crippen LogP contribution is -2.50. The van der Waals surface area contributed by atoms with Crippen LogP contribution < -0.4 is 19.6 Å². The molecule has 3 aromatic heterocycles. The molecule has 0 radical (unpaired) electrons. The molecule has 0 N–H and O–H groups in total. The van der Waals surface area contributed by atoms with Gasteiger partial charge in [0.2, 0.25) is 5.91 Å². The first kappa shape index (κ1) is 56.9. The SMILES string of the molecule is CC(C)(C)OC(=O)N1CCN(c2ccc(N3C(=O)OCc4cnc5ccc(Cl)cc5c43)cc2C(F)(F)F)CC1.CCC(=O)N1CCN(c2ccc(N3C(=O)OCc4cnc5ccc(-c6cnc7ccccc7c6)cc5c43)cc2C(F)(F)F)CC1. The second-order valence-corrected chi connectivity index (χ2v) is 21.9. The molecule has 0 spiro atoms. The fraction of sp³-hybridized carbons (Fsp3) is 0.295. The predicted molar refractivity (Wildman–Crippen MR) is 306 cm³/mol. The Morgan fingerprint density at radius 1 is 0.571 bits per heavy atom. The predicted octanol–water partition coefficient (Wildman–Crippen LogP) is 14.1. The van der Waals surface area contributed by atoms with Gasteiger partial charge in [0.25, 0.3) is 0 Å². The standard InChI is InChI=1S/C34H28F3N5O3.C27H26ClF3N4O4/c1-2-31(43)41-13-11-40(12-14-41)30-10-8-25(17-27(30)34(35,36)37)42-32-24(20-45-33(42)44)19-39-29-9-7-21(16-26(29)32)23-15-22-5-3-4-6-28(22)38-18-23;1-26(2,3)39-24(36)34-10-8-33(9-11-34)22-7-5-18(13-20(22)27(29,30)31)35-23-16(15-38-25(35)37)14-32-21-6-4-17(28)12-19(21)23/h3-10,15-19H,2,11-14,20H2,1H3;4-7,12-14H,8-11,15H2,1-3H3. The van der Waals surface area contributed by atoms with Gasteiger partial charge in [-0.2, -0.15) is 26.3 Å². The summed E-state index contributed by atoms with van der Waals surface area (Å²) < 4.78 is 103. The van der Waals surface area contributed by atoms with E-state index in [-0.39, 0.29) is 81.1 Å². The maximum Gasteiger partial charge on any atom is 0.419 e. The lowest BCUT2D eigenvalue weighted by molar-refractivity contribution is -0.138. The van der Waals surface area contributed by atoms with Gasteiger partial charge in [-0.3, -0.25) is 19.7 Å². The third-order valence-electron chi connectivity index (χ3n) is 14.9. The Labute approximate surface area is 482 Å². The Balaban J connectivity index is 0.000000177. The highest BCUT2D eigenvalue weighted by Crippen LogP contribution is 2.47. The zero-order valence-corrected chi connectivity index (χ0v) is 46.6. The quantitative estimate of drug-likeness (QED) is 0.115. The number of halogens is 7. The fourth-order valence-corrected chi connectivity index (χ4v) is 11.0. The van der Waals surface area contributed by atoms with Crippen LogP contribution >= 0.6 is 11.6 Å². The molecule has 0 atom stereocenters. The molecule has 23 heteroatoms. The lowest BCUT2D eigenvalue weighted by atomic mass is 10.00. The fourth-order valence-electron chi connectivity index (χ4n) is 10.8. The normalized spacial score (nSPS) is 15.8. The van der Waals surface area contributed by atoms with Crippen LogP contribution in [0.3, 0.4) is 0 Å². The molecular weight excluding hydrogens is 1120 g/mol. The Morgan fingerprint density at radius 3 is 1.60 bits per heavy atom. The number of aromatic nitrogens is 3. The lowest BCUT2D eigenvalue weighted by Gasteiger charge is -2.38. The number of alkyl halides is 6. The van der Waals surface area contributed by atoms with E-state index in [0.29, 0.717) is 68.8 Å². The van der Waals surface area contributed by atoms with E-state index in [0.717, 1.165) is 39.1 Å². The van der Waals surface area contributed by atoms with Crippen LogP contribution in [0.5, 0.6) is 0 Å². The number of rotatable bonds is 6. The van der Waals surface area contributed by atoms with Crippen LogP contribution in [-0.4, -0.2) is 107 Å². The molecule has 434 valence electrons. The van der Waals surface area contributed by atoms with E-state index in [2.05, 4.69) is 15.0 Å². The van der Waals surface area contributed by atoms with Crippen LogP contribution in [0.2, 0.25) is 5.02 Å². The Bertz CT molecular complexity index is 3920. The molecular formula is C61H54ClF6N9O7. The first-order chi connectivity index (χ1) is 40.0. The van der Waals surface area contributed by atoms with Gasteiger partial charge in [-0.25, -0.2) is 24.2 Å². The van der Waals surface area contributed by atoms with Gasteiger partial charge in [-0.1, -0.05) is 42.8 Å². The van der Waals surface area contributed by atoms with Crippen LogP contribution in [0, 0.1) is 0 Å². The number of nitrogens with zero attached hydrogens (tertiary/aromatic N) is 9. The zero-order chi connectivity index (χ0) is 59.4. The van der Waals surface area contributed by atoms with E-state index >= 15 is 0 Å². The number of pyridine rings is 3. The Hall–Kier alpha value is -8.92. The molecule has 4 amide bonds. The van der Waals surface area contributed by atoms with Gasteiger partial charge in [0.05, 0.1) is 50.4 Å². The summed E-state index contributed by atoms with van der Waals surface area (Å²) >= 11 is 6.20. The number of ether oxygens (including phenoxy) is 3. The highest BCUT2D eigenvalue weighted by molar-refractivity contribution is 6.31. The summed E-state index contributed by atoms with van der Waals surface area (Å²) in [5, 5.41) is 2.48. The summed E-state index contributed by atoms with van der Waals surface area (Å²) in [6.07, 6.45) is -6.25. The molecule has 16 nitrogen and oxygen atoms in total. The van der Waals surface area contributed by atoms with Crippen LogP contribution in [-0.2, 0) is 44.6 Å². The van der Waals surface area contributed by atoms with Crippen molar-refractivity contribution in [2.24, 2.45) is 0 Å². The third kappa shape index (κ3) is 11.5. The van der Waals surface area contributed by atoms with Gasteiger partial charge in [0, 0.05) is 127 Å². The first-order valence-corrected chi connectivity index (χ1v) is 27.4. The monoisotopic (exact) mass is 1170 g/mol. The number of para-hydroxylation sites is 1. The summed E-state index contributed by atoms with van der Waals surface area (Å²) in [5.74, 6) is -0.0231. The molecule has 0 bridgehead atoms. The molecule has 12 rings (SSSR count). The maximum absolute atomic E-state index is 14.6. The second kappa shape index (κ2) is 22.3. The van der Waals surface area contributed by atoms with Gasteiger partial charge in [0.1, 0.15) is 18.8 Å². The number of hydrogen-bond acceptors (Lipinski definition) is 12. The van der Waals surface area contributed by atoms with Crippen molar-refractivity contribution >= 4 is 103 Å². The number of carbonyl (C=O) groups excluding carboxylic acids is 4. The van der Waals surface area contributed by atoms with Crippen molar-refractivity contribution in [2.75, 3.05) is 72.0 Å². The van der Waals surface area contributed by atoms with Crippen LogP contribution in [0.1, 0.15) is 56.4 Å². The van der Waals surface area contributed by atoms with Crippen LogP contribution in [0.25, 0.3) is 43.8 Å². The van der Waals surface area contributed by atoms with Gasteiger partial charge < -0.3 is 33.8 Å². The van der Waals surface area contributed by atoms with Crippen LogP contribution in [0.15, 0.2) is 122 Å². The van der Waals surface area contributed by atoms with Gasteiger partial charge in [-0.15, -0.1) is 0 Å². The molecule has 2 fully saturated rings. The zero-order valence-electron chi connectivity index (χ0n) is 45.9. The Morgan fingerprint density at radius 2 is 1.07 bits per heavy atom. The van der Waals surface area contributed by atoms with Crippen molar-refractivity contribution in [1.29, 1.82) is 0 Å². The molecule has 84 heavy (non-hydrogen) atoms. The summed E-state index contributed by atoms with van der Waals surface area (Å²) in [4.78, 5) is 72.9. The summed E-state index contributed by atoms with van der Waals surface area (Å²) in [7, 11) is 0. The molecule has 7 heterocycles. The van der Waals surface area contributed by atoms with E-state index < -0.39 is 47.4 Å². The number of piperazine rings is 2. The topological polar surface area (TPSA) is 154 Å². The number of amides is 4. The van der Waals surface area contributed by atoms with E-state index in [1.54, 1.807) is 73.0 Å². The van der Waals surface area contributed by atoms with Gasteiger partial charge in [0.15, 0.2) is 0 Å². The molecule has 4 aliphatic rings. The number of hydrogen-bond donors (Lipinski definition) is 0. The number of cyclic esters (lactones) is 2. The summed E-state index contributed by atoms with van der Waals surface area (Å²) in [6.45, 7) is 8.91. The third-order valence-corrected chi connectivity index (χ3v) is 15.1.